The number of hydrogen-bond donors (Lipinski definition) is 1. The molecule has 3 rings (SSSR count). The van der Waals surface area contributed by atoms with Crippen molar-refractivity contribution in [2.75, 3.05) is 7.05 Å². The van der Waals surface area contributed by atoms with Gasteiger partial charge in [-0.05, 0) is 61.4 Å². The van der Waals surface area contributed by atoms with E-state index in [9.17, 15) is 0 Å². The highest BCUT2D eigenvalue weighted by atomic mass is 14.9. The number of allylic oxidation sites excluding steroid dienone is 3. The molecule has 1 aromatic carbocycles. The summed E-state index contributed by atoms with van der Waals surface area (Å²) in [5.74, 6) is 0. The Labute approximate surface area is 110 Å². The molecule has 0 radical (unpaired) electrons. The van der Waals surface area contributed by atoms with Crippen LogP contribution >= 0.6 is 0 Å². The standard InChI is InChI=1S/C17H21N/c1-18-17(15-5-2-3-6-15)12-13-9-10-14-7-4-8-16(14)11-13/h2-3,5,9-11,17-18H,4,6-8,12H2,1H3. The van der Waals surface area contributed by atoms with E-state index in [1.54, 1.807) is 11.1 Å². The zero-order chi connectivity index (χ0) is 12.4. The molecule has 1 aromatic rings. The monoisotopic (exact) mass is 239 g/mol. The Morgan fingerprint density at radius 3 is 2.89 bits per heavy atom. The highest BCUT2D eigenvalue weighted by Crippen LogP contribution is 2.24. The third-order valence-electron chi connectivity index (χ3n) is 4.20. The van der Waals surface area contributed by atoms with Crippen molar-refractivity contribution >= 4 is 0 Å². The Bertz CT molecular complexity index is 496. The Morgan fingerprint density at radius 1 is 1.22 bits per heavy atom. The van der Waals surface area contributed by atoms with Crippen molar-refractivity contribution in [2.24, 2.45) is 0 Å². The average Bonchev–Trinajstić information content (AvgIpc) is 3.06. The molecule has 2 aliphatic rings. The summed E-state index contributed by atoms with van der Waals surface area (Å²) < 4.78 is 0. The van der Waals surface area contributed by atoms with Crippen LogP contribution < -0.4 is 5.32 Å². The lowest BCUT2D eigenvalue weighted by atomic mass is 9.96. The van der Waals surface area contributed by atoms with Gasteiger partial charge in [0.1, 0.15) is 0 Å². The fraction of sp³-hybridized carbons (Fsp3) is 0.412. The van der Waals surface area contributed by atoms with Gasteiger partial charge in [-0.1, -0.05) is 36.4 Å². The fourth-order valence-corrected chi connectivity index (χ4v) is 3.13. The molecule has 0 heterocycles. The Morgan fingerprint density at radius 2 is 2.11 bits per heavy atom. The molecule has 0 bridgehead atoms. The molecule has 0 amide bonds. The van der Waals surface area contributed by atoms with Crippen LogP contribution in [0.25, 0.3) is 0 Å². The molecule has 0 fully saturated rings. The molecule has 0 saturated heterocycles. The van der Waals surface area contributed by atoms with Gasteiger partial charge in [0.25, 0.3) is 0 Å². The largest absolute Gasteiger partial charge is 0.313 e. The molecular weight excluding hydrogens is 218 g/mol. The van der Waals surface area contributed by atoms with Gasteiger partial charge in [-0.25, -0.2) is 0 Å². The summed E-state index contributed by atoms with van der Waals surface area (Å²) in [6, 6.07) is 7.57. The number of rotatable bonds is 4. The van der Waals surface area contributed by atoms with Crippen molar-refractivity contribution in [3.63, 3.8) is 0 Å². The van der Waals surface area contributed by atoms with Crippen LogP contribution in [0.15, 0.2) is 42.0 Å². The van der Waals surface area contributed by atoms with Crippen molar-refractivity contribution in [3.8, 4) is 0 Å². The highest BCUT2D eigenvalue weighted by molar-refractivity contribution is 5.37. The number of hydrogen-bond acceptors (Lipinski definition) is 1. The van der Waals surface area contributed by atoms with E-state index in [0.29, 0.717) is 6.04 Å². The van der Waals surface area contributed by atoms with Crippen molar-refractivity contribution in [1.29, 1.82) is 0 Å². The third kappa shape index (κ3) is 2.28. The quantitative estimate of drug-likeness (QED) is 0.851. The highest BCUT2D eigenvalue weighted by Gasteiger charge is 2.16. The van der Waals surface area contributed by atoms with E-state index in [4.69, 9.17) is 0 Å². The van der Waals surface area contributed by atoms with E-state index >= 15 is 0 Å². The second-order valence-electron chi connectivity index (χ2n) is 5.38. The second-order valence-corrected chi connectivity index (χ2v) is 5.38. The van der Waals surface area contributed by atoms with Crippen LogP contribution in [0.4, 0.5) is 0 Å². The number of likely N-dealkylation sites (N-methyl/N-ethyl adjacent to an activating group) is 1. The maximum atomic E-state index is 3.45. The molecule has 0 aromatic heterocycles. The molecule has 1 heteroatoms. The lowest BCUT2D eigenvalue weighted by Crippen LogP contribution is -2.29. The van der Waals surface area contributed by atoms with Gasteiger partial charge in [0, 0.05) is 6.04 Å². The summed E-state index contributed by atoms with van der Waals surface area (Å²) in [6.07, 6.45) is 12.8. The van der Waals surface area contributed by atoms with E-state index < -0.39 is 0 Å². The summed E-state index contributed by atoms with van der Waals surface area (Å²) in [4.78, 5) is 0. The average molecular weight is 239 g/mol. The molecular formula is C17H21N. The van der Waals surface area contributed by atoms with Gasteiger partial charge in [-0.2, -0.15) is 0 Å². The van der Waals surface area contributed by atoms with Crippen LogP contribution in [0.2, 0.25) is 0 Å². The Kier molecular flexibility index (Phi) is 3.33. The first-order valence-corrected chi connectivity index (χ1v) is 7.00. The van der Waals surface area contributed by atoms with E-state index in [1.165, 1.54) is 30.4 Å². The lowest BCUT2D eigenvalue weighted by Gasteiger charge is -2.18. The number of benzene rings is 1. The first-order valence-electron chi connectivity index (χ1n) is 7.00. The normalized spacial score (nSPS) is 18.8. The van der Waals surface area contributed by atoms with E-state index in [-0.39, 0.29) is 0 Å². The van der Waals surface area contributed by atoms with Gasteiger partial charge in [-0.3, -0.25) is 0 Å². The van der Waals surface area contributed by atoms with Gasteiger partial charge < -0.3 is 5.32 Å². The molecule has 0 saturated carbocycles. The molecule has 2 aliphatic carbocycles. The molecule has 1 N–H and O–H groups in total. The van der Waals surface area contributed by atoms with Gasteiger partial charge in [0.2, 0.25) is 0 Å². The molecule has 18 heavy (non-hydrogen) atoms. The molecule has 94 valence electrons. The van der Waals surface area contributed by atoms with Crippen molar-refractivity contribution in [3.05, 3.63) is 58.7 Å². The van der Waals surface area contributed by atoms with Crippen molar-refractivity contribution in [1.82, 2.24) is 5.32 Å². The summed E-state index contributed by atoms with van der Waals surface area (Å²) >= 11 is 0. The molecule has 1 nitrogen and oxygen atoms in total. The third-order valence-corrected chi connectivity index (χ3v) is 4.20. The molecule has 0 spiro atoms. The molecule has 0 aliphatic heterocycles. The number of fused-ring (bicyclic) bond motifs is 1. The van der Waals surface area contributed by atoms with Gasteiger partial charge in [0.15, 0.2) is 0 Å². The maximum absolute atomic E-state index is 3.45. The molecule has 1 unspecified atom stereocenters. The van der Waals surface area contributed by atoms with Gasteiger partial charge >= 0.3 is 0 Å². The molecule has 1 atom stereocenters. The van der Waals surface area contributed by atoms with Crippen LogP contribution in [0.1, 0.15) is 29.5 Å². The van der Waals surface area contributed by atoms with Crippen molar-refractivity contribution in [2.45, 2.75) is 38.1 Å². The Balaban J connectivity index is 1.75. The van der Waals surface area contributed by atoms with Crippen LogP contribution in [-0.2, 0) is 19.3 Å². The smallest absolute Gasteiger partial charge is 0.0323 e. The summed E-state index contributed by atoms with van der Waals surface area (Å²) in [6.45, 7) is 0. The zero-order valence-electron chi connectivity index (χ0n) is 11.1. The van der Waals surface area contributed by atoms with Crippen LogP contribution in [0, 0.1) is 0 Å². The van der Waals surface area contributed by atoms with Crippen LogP contribution in [-0.4, -0.2) is 13.1 Å². The topological polar surface area (TPSA) is 12.0 Å². The van der Waals surface area contributed by atoms with Gasteiger partial charge in [-0.15, -0.1) is 0 Å². The summed E-state index contributed by atoms with van der Waals surface area (Å²) in [5.41, 5.74) is 6.14. The minimum absolute atomic E-state index is 0.486. The van der Waals surface area contributed by atoms with E-state index in [0.717, 1.165) is 12.8 Å². The number of nitrogens with one attached hydrogen (secondary N) is 1. The minimum atomic E-state index is 0.486. The number of aryl methyl sites for hydroxylation is 2. The van der Waals surface area contributed by atoms with Crippen LogP contribution in [0.3, 0.4) is 0 Å². The van der Waals surface area contributed by atoms with Gasteiger partial charge in [0.05, 0.1) is 0 Å². The maximum Gasteiger partial charge on any atom is 0.0323 e. The minimum Gasteiger partial charge on any atom is -0.313 e. The van der Waals surface area contributed by atoms with Crippen LogP contribution in [0.5, 0.6) is 0 Å². The second kappa shape index (κ2) is 5.11. The summed E-state index contributed by atoms with van der Waals surface area (Å²) in [7, 11) is 2.07. The van der Waals surface area contributed by atoms with Crippen molar-refractivity contribution < 1.29 is 0 Å². The SMILES string of the molecule is CNC(Cc1ccc2c(c1)CCC2)C1=CC=CC1. The predicted molar refractivity (Wildman–Crippen MR) is 76.9 cm³/mol. The first kappa shape index (κ1) is 11.7. The fourth-order valence-electron chi connectivity index (χ4n) is 3.13. The summed E-state index contributed by atoms with van der Waals surface area (Å²) in [5, 5.41) is 3.45. The predicted octanol–water partition coefficient (Wildman–Crippen LogP) is 3.19. The lowest BCUT2D eigenvalue weighted by molar-refractivity contribution is 0.624. The van der Waals surface area contributed by atoms with E-state index in [2.05, 4.69) is 48.8 Å². The first-order chi connectivity index (χ1) is 8.86. The zero-order valence-corrected chi connectivity index (χ0v) is 11.1. The Hall–Kier alpha value is -1.34. The van der Waals surface area contributed by atoms with E-state index in [1.807, 2.05) is 0 Å².